The second-order valence-corrected chi connectivity index (χ2v) is 6.51. The largest absolute Gasteiger partial charge is 0.392 e. The standard InChI is InChI=1S/C16H24N2OS/c1-5-10-18(11-14(17)20)15(19)12-8-6-7-9-13(12)16(2,3)4/h6-9H,5,10-11H2,1-4H3,(H2,17,20). The Bertz CT molecular complexity index is 491. The van der Waals surface area contributed by atoms with Crippen molar-refractivity contribution >= 4 is 23.1 Å². The highest BCUT2D eigenvalue weighted by molar-refractivity contribution is 7.80. The highest BCUT2D eigenvalue weighted by Crippen LogP contribution is 2.26. The van der Waals surface area contributed by atoms with Gasteiger partial charge in [-0.3, -0.25) is 4.79 Å². The highest BCUT2D eigenvalue weighted by atomic mass is 32.1. The molecule has 0 saturated carbocycles. The third-order valence-electron chi connectivity index (χ3n) is 3.09. The molecule has 1 aromatic carbocycles. The van der Waals surface area contributed by atoms with Gasteiger partial charge >= 0.3 is 0 Å². The Labute approximate surface area is 127 Å². The van der Waals surface area contributed by atoms with Gasteiger partial charge in [-0.1, -0.05) is 58.1 Å². The Morgan fingerprint density at radius 3 is 2.40 bits per heavy atom. The summed E-state index contributed by atoms with van der Waals surface area (Å²) in [6.07, 6.45) is 0.881. The van der Waals surface area contributed by atoms with Gasteiger partial charge in [0.2, 0.25) is 0 Å². The quantitative estimate of drug-likeness (QED) is 0.848. The molecule has 110 valence electrons. The molecule has 0 aliphatic carbocycles. The van der Waals surface area contributed by atoms with E-state index in [9.17, 15) is 4.79 Å². The van der Waals surface area contributed by atoms with Crippen LogP contribution in [0.1, 0.15) is 50.0 Å². The van der Waals surface area contributed by atoms with Crippen LogP contribution in [0.25, 0.3) is 0 Å². The molecule has 0 aromatic heterocycles. The molecule has 2 N–H and O–H groups in total. The van der Waals surface area contributed by atoms with Crippen LogP contribution in [0.3, 0.4) is 0 Å². The van der Waals surface area contributed by atoms with Gasteiger partial charge in [-0.2, -0.15) is 0 Å². The van der Waals surface area contributed by atoms with Gasteiger partial charge in [0.25, 0.3) is 5.91 Å². The van der Waals surface area contributed by atoms with Gasteiger partial charge in [0.05, 0.1) is 11.5 Å². The smallest absolute Gasteiger partial charge is 0.254 e. The van der Waals surface area contributed by atoms with Crippen LogP contribution in [-0.4, -0.2) is 28.9 Å². The molecule has 0 unspecified atom stereocenters. The van der Waals surface area contributed by atoms with Crippen molar-refractivity contribution in [1.82, 2.24) is 4.90 Å². The van der Waals surface area contributed by atoms with Gasteiger partial charge < -0.3 is 10.6 Å². The average Bonchev–Trinajstić information content (AvgIpc) is 2.36. The van der Waals surface area contributed by atoms with E-state index in [-0.39, 0.29) is 11.3 Å². The molecule has 0 fully saturated rings. The zero-order valence-corrected chi connectivity index (χ0v) is 13.6. The van der Waals surface area contributed by atoms with E-state index in [1.165, 1.54) is 0 Å². The topological polar surface area (TPSA) is 46.3 Å². The lowest BCUT2D eigenvalue weighted by Crippen LogP contribution is -2.39. The minimum atomic E-state index is -0.0760. The molecule has 1 aromatic rings. The molecule has 0 spiro atoms. The van der Waals surface area contributed by atoms with E-state index in [2.05, 4.69) is 20.8 Å². The molecule has 3 nitrogen and oxygen atoms in total. The molecule has 0 bridgehead atoms. The van der Waals surface area contributed by atoms with Crippen molar-refractivity contribution < 1.29 is 4.79 Å². The predicted molar refractivity (Wildman–Crippen MR) is 88.1 cm³/mol. The summed E-state index contributed by atoms with van der Waals surface area (Å²) in [6, 6.07) is 7.76. The number of hydrogen-bond acceptors (Lipinski definition) is 2. The van der Waals surface area contributed by atoms with Crippen LogP contribution < -0.4 is 5.73 Å². The van der Waals surface area contributed by atoms with Crippen LogP contribution in [0, 0.1) is 0 Å². The Balaban J connectivity index is 3.15. The summed E-state index contributed by atoms with van der Waals surface area (Å²) in [4.78, 5) is 14.8. The van der Waals surface area contributed by atoms with Crippen molar-refractivity contribution in [2.45, 2.75) is 39.5 Å². The van der Waals surface area contributed by atoms with E-state index in [1.54, 1.807) is 4.90 Å². The highest BCUT2D eigenvalue weighted by Gasteiger charge is 2.24. The van der Waals surface area contributed by atoms with Crippen LogP contribution in [-0.2, 0) is 5.41 Å². The monoisotopic (exact) mass is 292 g/mol. The number of nitrogens with zero attached hydrogens (tertiary/aromatic N) is 1. The lowest BCUT2D eigenvalue weighted by Gasteiger charge is -2.27. The number of carbonyl (C=O) groups excluding carboxylic acids is 1. The van der Waals surface area contributed by atoms with Gasteiger partial charge in [0.15, 0.2) is 0 Å². The van der Waals surface area contributed by atoms with Crippen molar-refractivity contribution in [2.24, 2.45) is 5.73 Å². The maximum absolute atomic E-state index is 12.7. The molecule has 1 amide bonds. The molecule has 4 heteroatoms. The molecule has 0 aliphatic heterocycles. The summed E-state index contributed by atoms with van der Waals surface area (Å²) >= 11 is 4.95. The van der Waals surface area contributed by atoms with E-state index in [1.807, 2.05) is 31.2 Å². The van der Waals surface area contributed by atoms with E-state index < -0.39 is 0 Å². The third-order valence-corrected chi connectivity index (χ3v) is 3.22. The molecule has 0 aliphatic rings. The van der Waals surface area contributed by atoms with Crippen LogP contribution in [0.15, 0.2) is 24.3 Å². The van der Waals surface area contributed by atoms with Gasteiger partial charge in [0, 0.05) is 12.1 Å². The summed E-state index contributed by atoms with van der Waals surface area (Å²) in [5, 5.41) is 0. The molecular weight excluding hydrogens is 268 g/mol. The molecule has 0 atom stereocenters. The number of hydrogen-bond donors (Lipinski definition) is 1. The summed E-state index contributed by atoms with van der Waals surface area (Å²) in [5.41, 5.74) is 7.32. The molecule has 1 rings (SSSR count). The van der Waals surface area contributed by atoms with Crippen LogP contribution >= 0.6 is 12.2 Å². The second kappa shape index (κ2) is 6.84. The Morgan fingerprint density at radius 2 is 1.90 bits per heavy atom. The maximum Gasteiger partial charge on any atom is 0.254 e. The first-order chi connectivity index (χ1) is 9.27. The van der Waals surface area contributed by atoms with Gasteiger partial charge in [-0.15, -0.1) is 0 Å². The maximum atomic E-state index is 12.7. The van der Waals surface area contributed by atoms with E-state index >= 15 is 0 Å². The van der Waals surface area contributed by atoms with Crippen molar-refractivity contribution in [3.63, 3.8) is 0 Å². The van der Waals surface area contributed by atoms with Crippen molar-refractivity contribution in [3.8, 4) is 0 Å². The van der Waals surface area contributed by atoms with Crippen molar-refractivity contribution in [1.29, 1.82) is 0 Å². The molecular formula is C16H24N2OS. The Hall–Kier alpha value is -1.42. The number of thiocarbonyl (C=S) groups is 1. The van der Waals surface area contributed by atoms with Gasteiger partial charge in [-0.25, -0.2) is 0 Å². The first-order valence-electron chi connectivity index (χ1n) is 6.94. The molecule has 0 saturated heterocycles. The van der Waals surface area contributed by atoms with Crippen LogP contribution in [0.4, 0.5) is 0 Å². The molecule has 0 radical (unpaired) electrons. The third kappa shape index (κ3) is 4.30. The predicted octanol–water partition coefficient (Wildman–Crippen LogP) is 3.12. The summed E-state index contributed by atoms with van der Waals surface area (Å²) in [7, 11) is 0. The van der Waals surface area contributed by atoms with E-state index in [0.29, 0.717) is 18.1 Å². The minimum absolute atomic E-state index is 0.00479. The lowest BCUT2D eigenvalue weighted by atomic mass is 9.83. The molecule has 0 heterocycles. The van der Waals surface area contributed by atoms with E-state index in [0.717, 1.165) is 17.5 Å². The first-order valence-corrected chi connectivity index (χ1v) is 7.35. The fourth-order valence-electron chi connectivity index (χ4n) is 2.20. The SMILES string of the molecule is CCCN(CC(N)=S)C(=O)c1ccccc1C(C)(C)C. The Kier molecular flexibility index (Phi) is 5.69. The normalized spacial score (nSPS) is 11.2. The van der Waals surface area contributed by atoms with Crippen LogP contribution in [0.5, 0.6) is 0 Å². The first kappa shape index (κ1) is 16.6. The zero-order chi connectivity index (χ0) is 15.3. The minimum Gasteiger partial charge on any atom is -0.392 e. The van der Waals surface area contributed by atoms with Crippen molar-refractivity contribution in [3.05, 3.63) is 35.4 Å². The number of rotatable bonds is 5. The zero-order valence-electron chi connectivity index (χ0n) is 12.8. The number of amides is 1. The van der Waals surface area contributed by atoms with E-state index in [4.69, 9.17) is 18.0 Å². The Morgan fingerprint density at radius 1 is 1.30 bits per heavy atom. The van der Waals surface area contributed by atoms with Gasteiger partial charge in [-0.05, 0) is 23.5 Å². The number of benzene rings is 1. The second-order valence-electron chi connectivity index (χ2n) is 5.99. The van der Waals surface area contributed by atoms with Crippen molar-refractivity contribution in [2.75, 3.05) is 13.1 Å². The summed E-state index contributed by atoms with van der Waals surface area (Å²) in [6.45, 7) is 9.36. The summed E-state index contributed by atoms with van der Waals surface area (Å²) < 4.78 is 0. The fourth-order valence-corrected chi connectivity index (χ4v) is 2.36. The number of carbonyl (C=O) groups is 1. The summed E-state index contributed by atoms with van der Waals surface area (Å²) in [5.74, 6) is 0.00479. The van der Waals surface area contributed by atoms with Gasteiger partial charge in [0.1, 0.15) is 0 Å². The number of nitrogens with two attached hydrogens (primary N) is 1. The molecule has 20 heavy (non-hydrogen) atoms. The fraction of sp³-hybridized carbons (Fsp3) is 0.500. The average molecular weight is 292 g/mol. The lowest BCUT2D eigenvalue weighted by molar-refractivity contribution is 0.0777. The van der Waals surface area contributed by atoms with Crippen LogP contribution in [0.2, 0.25) is 0 Å².